The van der Waals surface area contributed by atoms with Crippen molar-refractivity contribution in [1.82, 2.24) is 0 Å². The summed E-state index contributed by atoms with van der Waals surface area (Å²) in [6.45, 7) is 0. The molecule has 14 heteroatoms. The molecule has 0 heterocycles. The first-order chi connectivity index (χ1) is 24.8. The average molecular weight is 701 g/mol. The standard InChI is InChI=1S/C38H14F6N6O2/c39-37(40,41)51-29-11-19(7-9-21(29)13-45)25-3-1-5-27-31(23(15-47)16-48)35-34-26(20-8-10-22(14-46)30(12-20)52-38(42,43)44)4-2-6-28(34)32(24(17-49)18-50)36(35)33(25)27/h1-12,35-36H. The monoisotopic (exact) mass is 700 g/mol. The van der Waals surface area contributed by atoms with Crippen molar-refractivity contribution in [3.8, 4) is 70.2 Å². The molecular weight excluding hydrogens is 686 g/mol. The normalized spacial score (nSPS) is 15.3. The molecule has 0 fully saturated rings. The number of rotatable bonds is 4. The lowest BCUT2D eigenvalue weighted by Gasteiger charge is -2.19. The first-order valence-electron chi connectivity index (χ1n) is 14.7. The summed E-state index contributed by atoms with van der Waals surface area (Å²) >= 11 is 0. The van der Waals surface area contributed by atoms with Crippen molar-refractivity contribution in [2.24, 2.45) is 0 Å². The molecule has 0 aromatic heterocycles. The SMILES string of the molecule is N#CC(C#N)=C1c2cccc(-c3ccc(C#N)c(OC(F)(F)F)c3)c2C2C(=C(C#N)C#N)c3cccc(-c4ccc(C#N)c(OC(F)(F)F)c4)c3C12. The molecule has 0 amide bonds. The van der Waals surface area contributed by atoms with Crippen molar-refractivity contribution >= 4 is 11.1 Å². The quantitative estimate of drug-likeness (QED) is 0.150. The van der Waals surface area contributed by atoms with Crippen LogP contribution in [0.2, 0.25) is 0 Å². The third kappa shape index (κ3) is 5.78. The van der Waals surface area contributed by atoms with Crippen molar-refractivity contribution < 1.29 is 35.8 Å². The molecule has 6 rings (SSSR count). The van der Waals surface area contributed by atoms with Crippen LogP contribution in [0.1, 0.15) is 45.2 Å². The Kier molecular flexibility index (Phi) is 8.41. The Morgan fingerprint density at radius 3 is 1.15 bits per heavy atom. The fraction of sp³-hybridized carbons (Fsp3) is 0.105. The van der Waals surface area contributed by atoms with E-state index in [9.17, 15) is 57.9 Å². The van der Waals surface area contributed by atoms with E-state index in [1.807, 2.05) is 24.3 Å². The predicted molar refractivity (Wildman–Crippen MR) is 168 cm³/mol. The van der Waals surface area contributed by atoms with Gasteiger partial charge in [-0.25, -0.2) is 0 Å². The van der Waals surface area contributed by atoms with E-state index in [1.54, 1.807) is 24.3 Å². The highest BCUT2D eigenvalue weighted by Gasteiger charge is 2.51. The van der Waals surface area contributed by atoms with E-state index >= 15 is 0 Å². The summed E-state index contributed by atoms with van der Waals surface area (Å²) in [5.74, 6) is -3.64. The summed E-state index contributed by atoms with van der Waals surface area (Å²) in [5, 5.41) is 59.6. The van der Waals surface area contributed by atoms with Gasteiger partial charge in [-0.2, -0.15) is 31.6 Å². The fourth-order valence-electron chi connectivity index (χ4n) is 6.92. The number of allylic oxidation sites excluding steroid dienone is 4. The van der Waals surface area contributed by atoms with E-state index in [2.05, 4.69) is 9.47 Å². The zero-order valence-electron chi connectivity index (χ0n) is 25.9. The molecule has 0 saturated carbocycles. The van der Waals surface area contributed by atoms with E-state index in [1.165, 1.54) is 36.4 Å². The molecule has 2 aliphatic carbocycles. The molecule has 2 unspecified atom stereocenters. The molecule has 0 aliphatic heterocycles. The Morgan fingerprint density at radius 1 is 0.500 bits per heavy atom. The highest BCUT2D eigenvalue weighted by molar-refractivity contribution is 6.03. The number of nitrogens with zero attached hydrogens (tertiary/aromatic N) is 6. The second kappa shape index (κ2) is 12.7. The summed E-state index contributed by atoms with van der Waals surface area (Å²) < 4.78 is 88.4. The van der Waals surface area contributed by atoms with Crippen molar-refractivity contribution in [1.29, 1.82) is 31.6 Å². The number of benzene rings is 4. The van der Waals surface area contributed by atoms with Crippen LogP contribution >= 0.6 is 0 Å². The van der Waals surface area contributed by atoms with Crippen molar-refractivity contribution in [3.63, 3.8) is 0 Å². The molecule has 0 radical (unpaired) electrons. The minimum atomic E-state index is -5.15. The van der Waals surface area contributed by atoms with Gasteiger partial charge in [-0.05, 0) is 79.9 Å². The van der Waals surface area contributed by atoms with Crippen LogP contribution in [0.4, 0.5) is 26.3 Å². The molecule has 4 aromatic rings. The molecule has 0 N–H and O–H groups in total. The molecule has 0 saturated heterocycles. The smallest absolute Gasteiger partial charge is 0.404 e. The Hall–Kier alpha value is -7.52. The molecule has 0 spiro atoms. The van der Waals surface area contributed by atoms with E-state index in [-0.39, 0.29) is 44.5 Å². The maximum atomic E-state index is 13.4. The summed E-state index contributed by atoms with van der Waals surface area (Å²) in [7, 11) is 0. The highest BCUT2D eigenvalue weighted by Crippen LogP contribution is 2.66. The first kappa shape index (κ1) is 34.3. The van der Waals surface area contributed by atoms with E-state index < -0.39 is 47.2 Å². The van der Waals surface area contributed by atoms with Gasteiger partial charge in [-0.1, -0.05) is 48.5 Å². The Balaban J connectivity index is 1.71. The molecule has 2 aliphatic rings. The van der Waals surface area contributed by atoms with Gasteiger partial charge >= 0.3 is 12.7 Å². The van der Waals surface area contributed by atoms with Gasteiger partial charge in [0.2, 0.25) is 0 Å². The van der Waals surface area contributed by atoms with Crippen LogP contribution in [0, 0.1) is 68.0 Å². The minimum Gasteiger partial charge on any atom is -0.404 e. The topological polar surface area (TPSA) is 161 Å². The summed E-state index contributed by atoms with van der Waals surface area (Å²) in [5.41, 5.74) is 0.715. The second-order valence-electron chi connectivity index (χ2n) is 11.3. The molecule has 0 bridgehead atoms. The number of nitriles is 6. The lowest BCUT2D eigenvalue weighted by atomic mass is 9.82. The van der Waals surface area contributed by atoms with Crippen LogP contribution < -0.4 is 9.47 Å². The molecule has 8 nitrogen and oxygen atoms in total. The van der Waals surface area contributed by atoms with Crippen LogP contribution in [0.3, 0.4) is 0 Å². The summed E-state index contributed by atoms with van der Waals surface area (Å²) in [6.07, 6.45) is -10.3. The van der Waals surface area contributed by atoms with Gasteiger partial charge in [0.05, 0.1) is 11.1 Å². The maximum Gasteiger partial charge on any atom is 0.573 e. The summed E-state index contributed by atoms with van der Waals surface area (Å²) in [4.78, 5) is 0. The lowest BCUT2D eigenvalue weighted by molar-refractivity contribution is -0.275. The van der Waals surface area contributed by atoms with Crippen LogP contribution in [0.5, 0.6) is 11.5 Å². The lowest BCUT2D eigenvalue weighted by Crippen LogP contribution is -2.18. The van der Waals surface area contributed by atoms with Gasteiger partial charge in [0, 0.05) is 11.8 Å². The molecule has 250 valence electrons. The van der Waals surface area contributed by atoms with Gasteiger partial charge in [-0.15, -0.1) is 26.3 Å². The highest BCUT2D eigenvalue weighted by atomic mass is 19.4. The molecule has 2 atom stereocenters. The molecule has 52 heavy (non-hydrogen) atoms. The average Bonchev–Trinajstić information content (AvgIpc) is 3.61. The number of hydrogen-bond donors (Lipinski definition) is 0. The van der Waals surface area contributed by atoms with Crippen LogP contribution in [0.15, 0.2) is 83.9 Å². The van der Waals surface area contributed by atoms with Gasteiger partial charge < -0.3 is 9.47 Å². The van der Waals surface area contributed by atoms with Crippen LogP contribution in [-0.2, 0) is 0 Å². The third-order valence-corrected chi connectivity index (χ3v) is 8.63. The number of ether oxygens (including phenoxy) is 2. The zero-order valence-corrected chi connectivity index (χ0v) is 25.9. The number of fused-ring (bicyclic) bond motifs is 5. The first-order valence-corrected chi connectivity index (χ1v) is 14.7. The van der Waals surface area contributed by atoms with Gasteiger partial charge in [0.25, 0.3) is 0 Å². The Labute approximate surface area is 290 Å². The fourth-order valence-corrected chi connectivity index (χ4v) is 6.92. The van der Waals surface area contributed by atoms with E-state index in [4.69, 9.17) is 0 Å². The Bertz CT molecular complexity index is 2330. The van der Waals surface area contributed by atoms with Crippen LogP contribution in [0.25, 0.3) is 33.4 Å². The van der Waals surface area contributed by atoms with Crippen LogP contribution in [-0.4, -0.2) is 12.7 Å². The maximum absolute atomic E-state index is 13.4. The van der Waals surface area contributed by atoms with E-state index in [0.29, 0.717) is 22.3 Å². The van der Waals surface area contributed by atoms with Crippen molar-refractivity contribution in [2.75, 3.05) is 0 Å². The third-order valence-electron chi connectivity index (χ3n) is 8.63. The Morgan fingerprint density at radius 2 is 0.846 bits per heavy atom. The minimum absolute atomic E-state index is 0.123. The predicted octanol–water partition coefficient (Wildman–Crippen LogP) is 9.06. The van der Waals surface area contributed by atoms with E-state index in [0.717, 1.165) is 24.3 Å². The number of hydrogen-bond acceptors (Lipinski definition) is 8. The zero-order chi connectivity index (χ0) is 37.5. The number of halogens is 6. The molecular formula is C38H14F6N6O2. The van der Waals surface area contributed by atoms with Gasteiger partial charge in [0.15, 0.2) is 0 Å². The van der Waals surface area contributed by atoms with Gasteiger partial charge in [0.1, 0.15) is 59.1 Å². The van der Waals surface area contributed by atoms with Gasteiger partial charge in [-0.3, -0.25) is 0 Å². The molecule has 4 aromatic carbocycles. The largest absolute Gasteiger partial charge is 0.573 e. The van der Waals surface area contributed by atoms with Crippen molar-refractivity contribution in [2.45, 2.75) is 24.6 Å². The number of alkyl halides is 6. The van der Waals surface area contributed by atoms with Crippen molar-refractivity contribution in [3.05, 3.63) is 117 Å². The summed E-state index contributed by atoms with van der Waals surface area (Å²) in [6, 6.07) is 27.0. The second-order valence-corrected chi connectivity index (χ2v) is 11.3.